The molecule has 2 aliphatic rings. The smallest absolute Gasteiger partial charge is 0.253 e. The Morgan fingerprint density at radius 1 is 1.00 bits per heavy atom. The number of H-pyrrole nitrogens is 1. The van der Waals surface area contributed by atoms with Crippen molar-refractivity contribution >= 4 is 29.3 Å². The largest absolute Gasteiger partial charge is 0.457 e. The average Bonchev–Trinajstić information content (AvgIpc) is 3.60. The van der Waals surface area contributed by atoms with Crippen LogP contribution in [0.5, 0.6) is 11.5 Å². The van der Waals surface area contributed by atoms with Crippen molar-refractivity contribution in [2.75, 3.05) is 30.3 Å². The van der Waals surface area contributed by atoms with Crippen molar-refractivity contribution in [2.45, 2.75) is 23.4 Å². The number of amides is 2. The summed E-state index contributed by atoms with van der Waals surface area (Å²) in [6.07, 6.45) is 2.69. The second-order valence-corrected chi connectivity index (χ2v) is 10.7. The number of rotatable bonds is 6. The topological polar surface area (TPSA) is 91.4 Å². The number of piperidine rings is 1. The Kier molecular flexibility index (Phi) is 6.78. The van der Waals surface area contributed by atoms with Gasteiger partial charge in [0.15, 0.2) is 5.16 Å². The maximum atomic E-state index is 14.4. The summed E-state index contributed by atoms with van der Waals surface area (Å²) in [5, 5.41) is 7.13. The van der Waals surface area contributed by atoms with Gasteiger partial charge >= 0.3 is 0 Å². The zero-order valence-corrected chi connectivity index (χ0v) is 21.9. The van der Waals surface area contributed by atoms with Gasteiger partial charge in [-0.25, -0.2) is 9.37 Å². The molecule has 8 nitrogen and oxygen atoms in total. The van der Waals surface area contributed by atoms with Crippen molar-refractivity contribution in [3.8, 4) is 11.5 Å². The van der Waals surface area contributed by atoms with Crippen LogP contribution in [0.4, 0.5) is 10.1 Å². The molecule has 3 aromatic carbocycles. The third kappa shape index (κ3) is 5.12. The number of benzene rings is 3. The van der Waals surface area contributed by atoms with Crippen LogP contribution in [0.25, 0.3) is 0 Å². The van der Waals surface area contributed by atoms with Crippen LogP contribution in [-0.2, 0) is 10.2 Å². The summed E-state index contributed by atoms with van der Waals surface area (Å²) in [7, 11) is 0. The molecule has 6 rings (SSSR count). The molecule has 0 radical (unpaired) electrons. The molecule has 0 saturated carbocycles. The van der Waals surface area contributed by atoms with E-state index < -0.39 is 5.41 Å². The number of aromatic nitrogens is 3. The Morgan fingerprint density at radius 3 is 2.46 bits per heavy atom. The SMILES string of the molecule is O=C(c1ccc(Oc2ccccc2)cc1)N1CCC2(CC1)CN(C(=O)CSc1ncn[nH]1)c1ccc(F)cc12. The molecule has 1 N–H and O–H groups in total. The summed E-state index contributed by atoms with van der Waals surface area (Å²) in [4.78, 5) is 34.1. The number of fused-ring (bicyclic) bond motifs is 2. The van der Waals surface area contributed by atoms with Crippen LogP contribution in [0.1, 0.15) is 28.8 Å². The number of likely N-dealkylation sites (tertiary alicyclic amines) is 1. The number of para-hydroxylation sites is 1. The van der Waals surface area contributed by atoms with E-state index in [4.69, 9.17) is 4.74 Å². The van der Waals surface area contributed by atoms with E-state index in [2.05, 4.69) is 15.2 Å². The van der Waals surface area contributed by atoms with E-state index >= 15 is 0 Å². The second kappa shape index (κ2) is 10.5. The van der Waals surface area contributed by atoms with Gasteiger partial charge in [0.05, 0.1) is 5.75 Å². The fraction of sp³-hybridized carbons (Fsp3) is 0.241. The van der Waals surface area contributed by atoms with Crippen LogP contribution >= 0.6 is 11.8 Å². The Bertz CT molecular complexity index is 1470. The van der Waals surface area contributed by atoms with Crippen LogP contribution in [0.2, 0.25) is 0 Å². The number of nitrogens with one attached hydrogen (secondary N) is 1. The Morgan fingerprint density at radius 2 is 1.74 bits per heavy atom. The second-order valence-electron chi connectivity index (χ2n) is 9.73. The minimum absolute atomic E-state index is 0.0510. The molecular weight excluding hydrogens is 517 g/mol. The Balaban J connectivity index is 1.13. The van der Waals surface area contributed by atoms with Crippen molar-refractivity contribution in [1.82, 2.24) is 20.1 Å². The number of ether oxygens (including phenoxy) is 1. The number of thioether (sulfide) groups is 1. The molecule has 39 heavy (non-hydrogen) atoms. The lowest BCUT2D eigenvalue weighted by atomic mass is 9.74. The zero-order chi connectivity index (χ0) is 26.8. The predicted molar refractivity (Wildman–Crippen MR) is 146 cm³/mol. The van der Waals surface area contributed by atoms with E-state index in [1.54, 1.807) is 41.3 Å². The Hall–Kier alpha value is -4.18. The van der Waals surface area contributed by atoms with Gasteiger partial charge in [0.2, 0.25) is 5.91 Å². The molecule has 0 unspecified atom stereocenters. The first-order chi connectivity index (χ1) is 19.0. The molecular formula is C29H26FN5O3S. The third-order valence-corrected chi connectivity index (χ3v) is 8.26. The highest BCUT2D eigenvalue weighted by atomic mass is 32.2. The summed E-state index contributed by atoms with van der Waals surface area (Å²) in [6, 6.07) is 21.3. The third-order valence-electron chi connectivity index (χ3n) is 7.40. The van der Waals surface area contributed by atoms with Gasteiger partial charge < -0.3 is 14.5 Å². The molecule has 10 heteroatoms. The van der Waals surface area contributed by atoms with Crippen molar-refractivity contribution in [3.63, 3.8) is 0 Å². The highest BCUT2D eigenvalue weighted by Crippen LogP contribution is 2.47. The molecule has 0 bridgehead atoms. The zero-order valence-electron chi connectivity index (χ0n) is 21.0. The minimum Gasteiger partial charge on any atom is -0.457 e. The molecule has 0 aliphatic carbocycles. The van der Waals surface area contributed by atoms with Crippen LogP contribution < -0.4 is 9.64 Å². The summed E-state index contributed by atoms with van der Waals surface area (Å²) in [6.45, 7) is 1.51. The maximum absolute atomic E-state index is 14.4. The molecule has 198 valence electrons. The van der Waals surface area contributed by atoms with Gasteiger partial charge in [0, 0.05) is 36.3 Å². The molecule has 3 heterocycles. The number of aromatic amines is 1. The fourth-order valence-corrected chi connectivity index (χ4v) is 6.03. The Labute approximate surface area is 229 Å². The molecule has 4 aromatic rings. The number of carbonyl (C=O) groups is 2. The molecule has 2 aliphatic heterocycles. The standard InChI is InChI=1S/C29H26FN5O3S/c30-21-8-11-25-24(16-21)29(18-35(25)26(36)17-39-28-31-19-32-33-28)12-14-34(15-13-29)27(37)20-6-9-23(10-7-20)38-22-4-2-1-3-5-22/h1-11,16,19H,12-15,17-18H2,(H,31,32,33). The van der Waals surface area contributed by atoms with Gasteiger partial charge in [-0.3, -0.25) is 14.7 Å². The van der Waals surface area contributed by atoms with E-state index in [0.29, 0.717) is 48.9 Å². The predicted octanol–water partition coefficient (Wildman–Crippen LogP) is 5.05. The van der Waals surface area contributed by atoms with Gasteiger partial charge in [-0.15, -0.1) is 0 Å². The lowest BCUT2D eigenvalue weighted by Gasteiger charge is -2.40. The normalized spacial score (nSPS) is 15.8. The van der Waals surface area contributed by atoms with Gasteiger partial charge in [0.1, 0.15) is 23.6 Å². The lowest BCUT2D eigenvalue weighted by Crippen LogP contribution is -2.48. The van der Waals surface area contributed by atoms with Crippen LogP contribution in [0.15, 0.2) is 84.3 Å². The van der Waals surface area contributed by atoms with E-state index in [-0.39, 0.29) is 23.4 Å². The number of hydrogen-bond donors (Lipinski definition) is 1. The van der Waals surface area contributed by atoms with E-state index in [0.717, 1.165) is 17.0 Å². The van der Waals surface area contributed by atoms with Gasteiger partial charge in [-0.1, -0.05) is 30.0 Å². The van der Waals surface area contributed by atoms with Gasteiger partial charge in [-0.2, -0.15) is 5.10 Å². The van der Waals surface area contributed by atoms with Crippen molar-refractivity contribution in [3.05, 3.63) is 96.1 Å². The highest BCUT2D eigenvalue weighted by molar-refractivity contribution is 7.99. The molecule has 1 fully saturated rings. The number of anilines is 1. The quantitative estimate of drug-likeness (QED) is 0.342. The summed E-state index contributed by atoms with van der Waals surface area (Å²) < 4.78 is 20.2. The van der Waals surface area contributed by atoms with Crippen molar-refractivity contribution < 1.29 is 18.7 Å². The number of carbonyl (C=O) groups excluding carboxylic acids is 2. The summed E-state index contributed by atoms with van der Waals surface area (Å²) >= 11 is 1.28. The molecule has 0 atom stereocenters. The van der Waals surface area contributed by atoms with Crippen LogP contribution in [0, 0.1) is 5.82 Å². The molecule has 1 saturated heterocycles. The van der Waals surface area contributed by atoms with Crippen molar-refractivity contribution in [1.29, 1.82) is 0 Å². The number of nitrogens with zero attached hydrogens (tertiary/aromatic N) is 4. The van der Waals surface area contributed by atoms with Crippen LogP contribution in [0.3, 0.4) is 0 Å². The summed E-state index contributed by atoms with van der Waals surface area (Å²) in [5.41, 5.74) is 1.78. The molecule has 1 spiro atoms. The number of halogens is 1. The van der Waals surface area contributed by atoms with Gasteiger partial charge in [0.25, 0.3) is 5.91 Å². The molecule has 1 aromatic heterocycles. The molecule has 2 amide bonds. The van der Waals surface area contributed by atoms with Gasteiger partial charge in [-0.05, 0) is 73.0 Å². The number of hydrogen-bond acceptors (Lipinski definition) is 6. The fourth-order valence-electron chi connectivity index (χ4n) is 5.37. The van der Waals surface area contributed by atoms with E-state index in [1.807, 2.05) is 35.2 Å². The highest BCUT2D eigenvalue weighted by Gasteiger charge is 2.47. The lowest BCUT2D eigenvalue weighted by molar-refractivity contribution is -0.116. The first kappa shape index (κ1) is 25.1. The minimum atomic E-state index is -0.395. The van der Waals surface area contributed by atoms with Crippen LogP contribution in [-0.4, -0.2) is 57.3 Å². The summed E-state index contributed by atoms with van der Waals surface area (Å²) in [5.74, 6) is 1.13. The van der Waals surface area contributed by atoms with E-state index in [1.165, 1.54) is 24.2 Å². The first-order valence-corrected chi connectivity index (χ1v) is 13.7. The average molecular weight is 544 g/mol. The maximum Gasteiger partial charge on any atom is 0.253 e. The van der Waals surface area contributed by atoms with E-state index in [9.17, 15) is 14.0 Å². The first-order valence-electron chi connectivity index (χ1n) is 12.7. The van der Waals surface area contributed by atoms with Crippen molar-refractivity contribution in [2.24, 2.45) is 0 Å². The monoisotopic (exact) mass is 543 g/mol.